The van der Waals surface area contributed by atoms with Crippen molar-refractivity contribution in [1.29, 1.82) is 0 Å². The molecule has 2 heterocycles. The molecule has 21 heavy (non-hydrogen) atoms. The fourth-order valence-electron chi connectivity index (χ4n) is 2.92. The molecule has 0 atom stereocenters. The molecule has 6 nitrogen and oxygen atoms in total. The van der Waals surface area contributed by atoms with E-state index >= 15 is 0 Å². The molecule has 0 unspecified atom stereocenters. The number of aliphatic imine (C=N–C) groups is 1. The second kappa shape index (κ2) is 6.45. The lowest BCUT2D eigenvalue weighted by Gasteiger charge is -2.16. The SMILES string of the molecule is CN(C(N)=NCCCc1nnc2n1CCCCC2)C1CC1. The van der Waals surface area contributed by atoms with Crippen LogP contribution >= 0.6 is 0 Å². The fraction of sp³-hybridized carbons (Fsp3) is 0.800. The molecular weight excluding hydrogens is 264 g/mol. The largest absolute Gasteiger partial charge is 0.370 e. The van der Waals surface area contributed by atoms with Crippen LogP contribution in [0.4, 0.5) is 0 Å². The van der Waals surface area contributed by atoms with E-state index in [0.29, 0.717) is 12.0 Å². The van der Waals surface area contributed by atoms with Crippen LogP contribution in [0.25, 0.3) is 0 Å². The first-order chi connectivity index (χ1) is 10.3. The van der Waals surface area contributed by atoms with E-state index in [-0.39, 0.29) is 0 Å². The average Bonchev–Trinajstić information content (AvgIpc) is 3.29. The molecule has 2 aliphatic rings. The fourth-order valence-corrected chi connectivity index (χ4v) is 2.92. The number of guanidine groups is 1. The van der Waals surface area contributed by atoms with E-state index in [1.54, 1.807) is 0 Å². The summed E-state index contributed by atoms with van der Waals surface area (Å²) in [4.78, 5) is 6.58. The molecule has 116 valence electrons. The summed E-state index contributed by atoms with van der Waals surface area (Å²) >= 11 is 0. The standard InChI is InChI=1S/C15H26N6/c1-20(12-8-9-12)15(16)17-10-5-7-14-19-18-13-6-3-2-4-11-21(13)14/h12H,2-11H2,1H3,(H2,16,17). The topological polar surface area (TPSA) is 72.3 Å². The second-order valence-electron chi connectivity index (χ2n) is 6.18. The van der Waals surface area contributed by atoms with Crippen LogP contribution in [0.5, 0.6) is 0 Å². The summed E-state index contributed by atoms with van der Waals surface area (Å²) in [5, 5.41) is 8.69. The van der Waals surface area contributed by atoms with Gasteiger partial charge in [0.25, 0.3) is 0 Å². The molecule has 0 spiro atoms. The molecule has 0 amide bonds. The van der Waals surface area contributed by atoms with Gasteiger partial charge in [-0.05, 0) is 32.1 Å². The van der Waals surface area contributed by atoms with Gasteiger partial charge < -0.3 is 15.2 Å². The Morgan fingerprint density at radius 1 is 1.33 bits per heavy atom. The van der Waals surface area contributed by atoms with Crippen LogP contribution in [0.1, 0.15) is 50.2 Å². The Balaban J connectivity index is 1.49. The van der Waals surface area contributed by atoms with Gasteiger partial charge in [0, 0.05) is 39.0 Å². The van der Waals surface area contributed by atoms with Crippen molar-refractivity contribution >= 4 is 5.96 Å². The minimum atomic E-state index is 0.626. The highest BCUT2D eigenvalue weighted by Crippen LogP contribution is 2.24. The molecule has 1 aliphatic heterocycles. The quantitative estimate of drug-likeness (QED) is 0.505. The number of hydrogen-bond donors (Lipinski definition) is 1. The summed E-state index contributed by atoms with van der Waals surface area (Å²) in [6, 6.07) is 0.626. The predicted octanol–water partition coefficient (Wildman–Crippen LogP) is 1.35. The van der Waals surface area contributed by atoms with Gasteiger partial charge in [-0.25, -0.2) is 0 Å². The van der Waals surface area contributed by atoms with Gasteiger partial charge in [-0.1, -0.05) is 6.42 Å². The minimum absolute atomic E-state index is 0.626. The molecule has 1 aliphatic carbocycles. The molecule has 0 bridgehead atoms. The van der Waals surface area contributed by atoms with Crippen molar-refractivity contribution in [2.24, 2.45) is 10.7 Å². The number of aromatic nitrogens is 3. The monoisotopic (exact) mass is 290 g/mol. The third-order valence-electron chi connectivity index (χ3n) is 4.47. The van der Waals surface area contributed by atoms with Gasteiger partial charge in [0.15, 0.2) is 5.96 Å². The van der Waals surface area contributed by atoms with Gasteiger partial charge in [-0.3, -0.25) is 4.99 Å². The Hall–Kier alpha value is -1.59. The Kier molecular flexibility index (Phi) is 4.41. The van der Waals surface area contributed by atoms with Crippen molar-refractivity contribution < 1.29 is 0 Å². The molecule has 0 radical (unpaired) electrons. The summed E-state index contributed by atoms with van der Waals surface area (Å²) in [6.45, 7) is 1.85. The van der Waals surface area contributed by atoms with Crippen molar-refractivity contribution in [3.63, 3.8) is 0 Å². The molecule has 1 aromatic heterocycles. The molecule has 0 saturated heterocycles. The normalized spacial score (nSPS) is 19.2. The molecule has 1 aromatic rings. The van der Waals surface area contributed by atoms with E-state index < -0.39 is 0 Å². The van der Waals surface area contributed by atoms with E-state index in [1.165, 1.54) is 37.9 Å². The van der Waals surface area contributed by atoms with Crippen molar-refractivity contribution in [3.8, 4) is 0 Å². The summed E-state index contributed by atoms with van der Waals surface area (Å²) in [5.74, 6) is 2.97. The second-order valence-corrected chi connectivity index (χ2v) is 6.18. The van der Waals surface area contributed by atoms with Crippen LogP contribution in [-0.2, 0) is 19.4 Å². The summed E-state index contributed by atoms with van der Waals surface area (Å²) in [7, 11) is 2.04. The van der Waals surface area contributed by atoms with Gasteiger partial charge in [0.2, 0.25) is 0 Å². The smallest absolute Gasteiger partial charge is 0.191 e. The summed E-state index contributed by atoms with van der Waals surface area (Å²) in [5.41, 5.74) is 5.99. The first kappa shape index (κ1) is 14.4. The lowest BCUT2D eigenvalue weighted by Crippen LogP contribution is -2.35. The molecule has 3 rings (SSSR count). The van der Waals surface area contributed by atoms with Crippen LogP contribution in [0, 0.1) is 0 Å². The average molecular weight is 290 g/mol. The maximum Gasteiger partial charge on any atom is 0.191 e. The van der Waals surface area contributed by atoms with Crippen LogP contribution in [0.3, 0.4) is 0 Å². The maximum atomic E-state index is 5.99. The third-order valence-corrected chi connectivity index (χ3v) is 4.47. The van der Waals surface area contributed by atoms with Crippen LogP contribution in [0.2, 0.25) is 0 Å². The molecule has 6 heteroatoms. The van der Waals surface area contributed by atoms with Crippen molar-refractivity contribution in [3.05, 3.63) is 11.6 Å². The Morgan fingerprint density at radius 2 is 2.19 bits per heavy atom. The lowest BCUT2D eigenvalue weighted by atomic mass is 10.2. The van der Waals surface area contributed by atoms with Crippen LogP contribution in [-0.4, -0.2) is 45.3 Å². The minimum Gasteiger partial charge on any atom is -0.370 e. The van der Waals surface area contributed by atoms with E-state index in [4.69, 9.17) is 5.73 Å². The van der Waals surface area contributed by atoms with Gasteiger partial charge >= 0.3 is 0 Å². The third kappa shape index (κ3) is 3.54. The first-order valence-electron chi connectivity index (χ1n) is 8.19. The van der Waals surface area contributed by atoms with E-state index in [0.717, 1.165) is 38.2 Å². The molecule has 0 aromatic carbocycles. The molecule has 2 N–H and O–H groups in total. The molecule has 1 fully saturated rings. The van der Waals surface area contributed by atoms with E-state index in [9.17, 15) is 0 Å². The lowest BCUT2D eigenvalue weighted by molar-refractivity contribution is 0.487. The Bertz CT molecular complexity index is 502. The predicted molar refractivity (Wildman–Crippen MR) is 83.2 cm³/mol. The Morgan fingerprint density at radius 3 is 3.00 bits per heavy atom. The van der Waals surface area contributed by atoms with Crippen LogP contribution in [0.15, 0.2) is 4.99 Å². The number of aryl methyl sites for hydroxylation is 2. The highest BCUT2D eigenvalue weighted by atomic mass is 15.3. The first-order valence-corrected chi connectivity index (χ1v) is 8.19. The van der Waals surface area contributed by atoms with Gasteiger partial charge in [-0.2, -0.15) is 0 Å². The summed E-state index contributed by atoms with van der Waals surface area (Å²) in [6.07, 6.45) is 9.29. The highest BCUT2D eigenvalue weighted by molar-refractivity contribution is 5.78. The summed E-state index contributed by atoms with van der Waals surface area (Å²) < 4.78 is 2.32. The van der Waals surface area contributed by atoms with Crippen LogP contribution < -0.4 is 5.73 Å². The van der Waals surface area contributed by atoms with Gasteiger partial charge in [0.05, 0.1) is 0 Å². The zero-order valence-electron chi connectivity index (χ0n) is 13.0. The van der Waals surface area contributed by atoms with Gasteiger partial charge in [0.1, 0.15) is 11.6 Å². The zero-order chi connectivity index (χ0) is 14.7. The van der Waals surface area contributed by atoms with E-state index in [1.807, 2.05) is 7.05 Å². The zero-order valence-corrected chi connectivity index (χ0v) is 13.0. The molecule has 1 saturated carbocycles. The number of nitrogens with zero attached hydrogens (tertiary/aromatic N) is 5. The van der Waals surface area contributed by atoms with Crippen molar-refractivity contribution in [2.75, 3.05) is 13.6 Å². The van der Waals surface area contributed by atoms with Crippen molar-refractivity contribution in [2.45, 2.75) is 64.0 Å². The maximum absolute atomic E-state index is 5.99. The Labute approximate surface area is 126 Å². The van der Waals surface area contributed by atoms with Gasteiger partial charge in [-0.15, -0.1) is 10.2 Å². The number of rotatable bonds is 5. The number of fused-ring (bicyclic) bond motifs is 1. The van der Waals surface area contributed by atoms with E-state index in [2.05, 4.69) is 24.7 Å². The number of hydrogen-bond acceptors (Lipinski definition) is 3. The van der Waals surface area contributed by atoms with Crippen molar-refractivity contribution in [1.82, 2.24) is 19.7 Å². The highest BCUT2D eigenvalue weighted by Gasteiger charge is 2.27. The number of nitrogens with two attached hydrogens (primary N) is 1. The molecular formula is C15H26N6.